The molecule has 2 aromatic heterocycles. The van der Waals surface area contributed by atoms with Gasteiger partial charge in [-0.15, -0.1) is 0 Å². The number of aliphatic hydroxyl groups excluding tert-OH is 1. The molecule has 3 heterocycles. The highest BCUT2D eigenvalue weighted by molar-refractivity contribution is 5.95. The van der Waals surface area contributed by atoms with Gasteiger partial charge in [-0.05, 0) is 38.8 Å². The molecule has 0 spiro atoms. The van der Waals surface area contributed by atoms with Gasteiger partial charge in [-0.1, -0.05) is 0 Å². The summed E-state index contributed by atoms with van der Waals surface area (Å²) in [5, 5.41) is 9.72. The number of carbonyl (C=O) groups is 1. The van der Waals surface area contributed by atoms with Crippen LogP contribution in [0.25, 0.3) is 11.1 Å². The number of rotatable bonds is 2. The van der Waals surface area contributed by atoms with Gasteiger partial charge in [0.15, 0.2) is 11.3 Å². The minimum absolute atomic E-state index is 0.115. The molecular weight excluding hydrogens is 268 g/mol. The van der Waals surface area contributed by atoms with Crippen LogP contribution in [0.5, 0.6) is 0 Å². The van der Waals surface area contributed by atoms with Crippen molar-refractivity contribution < 1.29 is 14.3 Å². The number of fused-ring (bicyclic) bond motifs is 1. The molecule has 1 amide bonds. The van der Waals surface area contributed by atoms with Crippen molar-refractivity contribution in [3.8, 4) is 0 Å². The normalized spacial score (nSPS) is 20.7. The average molecular weight is 288 g/mol. The third-order valence-electron chi connectivity index (χ3n) is 4.15. The molecule has 5 heteroatoms. The number of hydrogen-bond donors (Lipinski definition) is 1. The number of nitrogens with zero attached hydrogens (tertiary/aromatic N) is 2. The standard InChI is InChI=1S/C16H20N2O3/c1-10-5-6-14-13(17-10)8-15(21-14)16(20)18-7-3-4-12(9-18)11(2)19/h5-6,8,11-12,19H,3-4,7,9H2,1-2H3/t11-,12-/m0/s1. The van der Waals surface area contributed by atoms with E-state index >= 15 is 0 Å². The predicted octanol–water partition coefficient (Wildman–Crippen LogP) is 2.37. The Morgan fingerprint density at radius 2 is 2.33 bits per heavy atom. The number of likely N-dealkylation sites (tertiary alicyclic amines) is 1. The first-order valence-corrected chi connectivity index (χ1v) is 7.39. The Morgan fingerprint density at radius 3 is 3.10 bits per heavy atom. The van der Waals surface area contributed by atoms with Gasteiger partial charge in [0.2, 0.25) is 0 Å². The number of carbonyl (C=O) groups excluding carboxylic acids is 1. The van der Waals surface area contributed by atoms with Crippen molar-refractivity contribution in [3.05, 3.63) is 29.7 Å². The molecule has 0 bridgehead atoms. The Bertz CT molecular complexity index is 663. The Kier molecular flexibility index (Phi) is 3.68. The highest BCUT2D eigenvalue weighted by Gasteiger charge is 2.28. The summed E-state index contributed by atoms with van der Waals surface area (Å²) in [6.45, 7) is 4.99. The number of piperidine rings is 1. The molecule has 1 aliphatic rings. The van der Waals surface area contributed by atoms with Gasteiger partial charge in [-0.3, -0.25) is 4.79 Å². The molecule has 1 fully saturated rings. The number of pyridine rings is 1. The van der Waals surface area contributed by atoms with Crippen LogP contribution in [-0.2, 0) is 0 Å². The maximum atomic E-state index is 12.5. The van der Waals surface area contributed by atoms with Crippen LogP contribution in [-0.4, -0.2) is 40.1 Å². The van der Waals surface area contributed by atoms with E-state index in [9.17, 15) is 9.90 Å². The molecule has 0 aliphatic carbocycles. The van der Waals surface area contributed by atoms with Gasteiger partial charge in [0.05, 0.1) is 6.10 Å². The molecule has 0 unspecified atom stereocenters. The minimum atomic E-state index is -0.388. The molecule has 1 saturated heterocycles. The third-order valence-corrected chi connectivity index (χ3v) is 4.15. The van der Waals surface area contributed by atoms with Crippen LogP contribution in [0.3, 0.4) is 0 Å². The number of aliphatic hydroxyl groups is 1. The molecule has 2 atom stereocenters. The van der Waals surface area contributed by atoms with Crippen molar-refractivity contribution in [1.82, 2.24) is 9.88 Å². The fourth-order valence-electron chi connectivity index (χ4n) is 2.88. The van der Waals surface area contributed by atoms with Crippen molar-refractivity contribution in [1.29, 1.82) is 0 Å². The van der Waals surface area contributed by atoms with E-state index in [0.717, 1.165) is 18.5 Å². The number of hydrogen-bond acceptors (Lipinski definition) is 4. The van der Waals surface area contributed by atoms with Crippen molar-refractivity contribution in [2.75, 3.05) is 13.1 Å². The Labute approximate surface area is 123 Å². The summed E-state index contributed by atoms with van der Waals surface area (Å²) in [4.78, 5) is 18.7. The largest absolute Gasteiger partial charge is 0.449 e. The molecule has 1 aliphatic heterocycles. The quantitative estimate of drug-likeness (QED) is 0.921. The highest BCUT2D eigenvalue weighted by Crippen LogP contribution is 2.24. The molecule has 0 aromatic carbocycles. The second kappa shape index (κ2) is 5.48. The monoisotopic (exact) mass is 288 g/mol. The summed E-state index contributed by atoms with van der Waals surface area (Å²) >= 11 is 0. The number of furan rings is 1. The summed E-state index contributed by atoms with van der Waals surface area (Å²) in [6, 6.07) is 5.41. The van der Waals surface area contributed by atoms with Crippen molar-refractivity contribution in [3.63, 3.8) is 0 Å². The fourth-order valence-corrected chi connectivity index (χ4v) is 2.88. The van der Waals surface area contributed by atoms with E-state index in [0.29, 0.717) is 29.9 Å². The summed E-state index contributed by atoms with van der Waals surface area (Å²) in [5.74, 6) is 0.359. The lowest BCUT2D eigenvalue weighted by molar-refractivity contribution is 0.0444. The predicted molar refractivity (Wildman–Crippen MR) is 79.1 cm³/mol. The Balaban J connectivity index is 1.82. The first kappa shape index (κ1) is 14.1. The molecule has 0 radical (unpaired) electrons. The molecule has 0 saturated carbocycles. The molecule has 112 valence electrons. The number of aryl methyl sites for hydroxylation is 1. The summed E-state index contributed by atoms with van der Waals surface area (Å²) in [6.07, 6.45) is 1.49. The van der Waals surface area contributed by atoms with Gasteiger partial charge >= 0.3 is 0 Å². The Hall–Kier alpha value is -1.88. The molecule has 5 nitrogen and oxygen atoms in total. The summed E-state index contributed by atoms with van der Waals surface area (Å²) < 4.78 is 5.62. The smallest absolute Gasteiger partial charge is 0.289 e. The lowest BCUT2D eigenvalue weighted by Crippen LogP contribution is -2.42. The molecular formula is C16H20N2O3. The van der Waals surface area contributed by atoms with E-state index in [1.54, 1.807) is 17.9 Å². The van der Waals surface area contributed by atoms with E-state index in [2.05, 4.69) is 4.98 Å². The van der Waals surface area contributed by atoms with Crippen molar-refractivity contribution in [2.24, 2.45) is 5.92 Å². The van der Waals surface area contributed by atoms with Gasteiger partial charge in [0.1, 0.15) is 5.52 Å². The Morgan fingerprint density at radius 1 is 1.52 bits per heavy atom. The van der Waals surface area contributed by atoms with Crippen LogP contribution in [0.15, 0.2) is 22.6 Å². The lowest BCUT2D eigenvalue weighted by Gasteiger charge is -2.33. The van der Waals surface area contributed by atoms with E-state index in [-0.39, 0.29) is 17.9 Å². The first-order valence-electron chi connectivity index (χ1n) is 7.39. The van der Waals surface area contributed by atoms with Gasteiger partial charge in [-0.25, -0.2) is 4.98 Å². The van der Waals surface area contributed by atoms with E-state index < -0.39 is 0 Å². The van der Waals surface area contributed by atoms with E-state index in [4.69, 9.17) is 4.42 Å². The average Bonchev–Trinajstić information content (AvgIpc) is 2.89. The first-order chi connectivity index (χ1) is 10.0. The second-order valence-electron chi connectivity index (χ2n) is 5.84. The lowest BCUT2D eigenvalue weighted by atomic mass is 9.93. The second-order valence-corrected chi connectivity index (χ2v) is 5.84. The van der Waals surface area contributed by atoms with Gasteiger partial charge in [-0.2, -0.15) is 0 Å². The molecule has 3 rings (SSSR count). The van der Waals surface area contributed by atoms with Crippen LogP contribution in [0.4, 0.5) is 0 Å². The molecule has 21 heavy (non-hydrogen) atoms. The van der Waals surface area contributed by atoms with Crippen molar-refractivity contribution >= 4 is 17.0 Å². The van der Waals surface area contributed by atoms with Crippen LogP contribution in [0, 0.1) is 12.8 Å². The van der Waals surface area contributed by atoms with Crippen molar-refractivity contribution in [2.45, 2.75) is 32.8 Å². The topological polar surface area (TPSA) is 66.6 Å². The van der Waals surface area contributed by atoms with Gasteiger partial charge < -0.3 is 14.4 Å². The zero-order valence-corrected chi connectivity index (χ0v) is 12.4. The van der Waals surface area contributed by atoms with Gasteiger partial charge in [0, 0.05) is 30.8 Å². The van der Waals surface area contributed by atoms with Crippen LogP contribution in [0.2, 0.25) is 0 Å². The molecule has 2 aromatic rings. The summed E-state index contributed by atoms with van der Waals surface area (Å²) in [7, 11) is 0. The third kappa shape index (κ3) is 2.78. The van der Waals surface area contributed by atoms with E-state index in [1.807, 2.05) is 19.1 Å². The highest BCUT2D eigenvalue weighted by atomic mass is 16.3. The fraction of sp³-hybridized carbons (Fsp3) is 0.500. The van der Waals surface area contributed by atoms with Gasteiger partial charge in [0.25, 0.3) is 5.91 Å². The number of aromatic nitrogens is 1. The SMILES string of the molecule is Cc1ccc2oc(C(=O)N3CCC[C@H]([C@H](C)O)C3)cc2n1. The minimum Gasteiger partial charge on any atom is -0.449 e. The zero-order chi connectivity index (χ0) is 15.0. The van der Waals surface area contributed by atoms with E-state index in [1.165, 1.54) is 0 Å². The zero-order valence-electron chi connectivity index (χ0n) is 12.4. The van der Waals surface area contributed by atoms with Crippen LogP contribution < -0.4 is 0 Å². The van der Waals surface area contributed by atoms with Crippen LogP contribution in [0.1, 0.15) is 36.0 Å². The van der Waals surface area contributed by atoms with Crippen LogP contribution >= 0.6 is 0 Å². The molecule has 1 N–H and O–H groups in total. The number of amides is 1. The maximum Gasteiger partial charge on any atom is 0.289 e. The maximum absolute atomic E-state index is 12.5. The summed E-state index contributed by atoms with van der Waals surface area (Å²) in [5.41, 5.74) is 2.24.